The lowest BCUT2D eigenvalue weighted by atomic mass is 10.1. The van der Waals surface area contributed by atoms with Crippen LogP contribution in [0.1, 0.15) is 40.0 Å². The number of hydrogen-bond donors (Lipinski definition) is 1. The smallest absolute Gasteiger partial charge is 0.243 e. The van der Waals surface area contributed by atoms with E-state index in [-0.39, 0.29) is 5.91 Å². The third kappa shape index (κ3) is 11.0. The lowest BCUT2D eigenvalue weighted by Crippen LogP contribution is -2.26. The van der Waals surface area contributed by atoms with Crippen molar-refractivity contribution in [3.8, 4) is 0 Å². The first kappa shape index (κ1) is 15.7. The first-order valence-electron chi connectivity index (χ1n) is 6.42. The molecule has 0 saturated carbocycles. The molecular weight excluding hydrogens is 210 g/mol. The summed E-state index contributed by atoms with van der Waals surface area (Å²) in [6, 6.07) is 0. The van der Waals surface area contributed by atoms with Gasteiger partial charge in [0.05, 0.1) is 0 Å². The van der Waals surface area contributed by atoms with Crippen LogP contribution in [0.4, 0.5) is 0 Å². The quantitative estimate of drug-likeness (QED) is 0.388. The van der Waals surface area contributed by atoms with Gasteiger partial charge >= 0.3 is 0 Å². The van der Waals surface area contributed by atoms with Crippen LogP contribution in [0.3, 0.4) is 0 Å². The van der Waals surface area contributed by atoms with Crippen LogP contribution in [0.2, 0.25) is 0 Å². The molecule has 0 aliphatic carbocycles. The predicted molar refractivity (Wildman–Crippen MR) is 74.8 cm³/mol. The number of unbranched alkanes of at least 4 members (excludes halogenated alkanes) is 1. The average molecular weight is 235 g/mol. The van der Waals surface area contributed by atoms with Gasteiger partial charge in [-0.15, -0.1) is 0 Å². The molecule has 1 amide bonds. The van der Waals surface area contributed by atoms with Gasteiger partial charge in [0.15, 0.2) is 0 Å². The van der Waals surface area contributed by atoms with E-state index in [1.165, 1.54) is 0 Å². The molecule has 0 rings (SSSR count). The Morgan fingerprint density at radius 2 is 1.94 bits per heavy atom. The summed E-state index contributed by atoms with van der Waals surface area (Å²) >= 11 is 0. The van der Waals surface area contributed by atoms with E-state index in [1.54, 1.807) is 6.08 Å². The summed E-state index contributed by atoms with van der Waals surface area (Å²) in [5.41, 5.74) is 0. The summed E-state index contributed by atoms with van der Waals surface area (Å²) in [6.45, 7) is 7.02. The summed E-state index contributed by atoms with van der Waals surface area (Å²) in [6.07, 6.45) is 14.7. The van der Waals surface area contributed by atoms with Crippen LogP contribution in [0.25, 0.3) is 0 Å². The van der Waals surface area contributed by atoms with Gasteiger partial charge in [0.1, 0.15) is 0 Å². The van der Waals surface area contributed by atoms with Gasteiger partial charge in [0.25, 0.3) is 0 Å². The SMILES string of the molecule is CC=CC=CCCC=CC(=O)NC[C@H](C)CC. The number of carbonyl (C=O) groups excluding carboxylic acids is 1. The number of allylic oxidation sites excluding steroid dienone is 5. The second kappa shape index (κ2) is 11.2. The molecule has 0 radical (unpaired) electrons. The third-order valence-corrected chi connectivity index (χ3v) is 2.53. The highest BCUT2D eigenvalue weighted by atomic mass is 16.1. The molecule has 96 valence electrons. The van der Waals surface area contributed by atoms with E-state index in [9.17, 15) is 4.79 Å². The fourth-order valence-corrected chi connectivity index (χ4v) is 1.15. The first-order valence-corrected chi connectivity index (χ1v) is 6.42. The van der Waals surface area contributed by atoms with E-state index >= 15 is 0 Å². The fraction of sp³-hybridized carbons (Fsp3) is 0.533. The van der Waals surface area contributed by atoms with Crippen molar-refractivity contribution in [2.24, 2.45) is 5.92 Å². The minimum absolute atomic E-state index is 0.0164. The van der Waals surface area contributed by atoms with Crippen LogP contribution in [-0.4, -0.2) is 12.5 Å². The van der Waals surface area contributed by atoms with Crippen molar-refractivity contribution in [2.45, 2.75) is 40.0 Å². The highest BCUT2D eigenvalue weighted by molar-refractivity contribution is 5.87. The van der Waals surface area contributed by atoms with E-state index in [0.29, 0.717) is 5.92 Å². The number of rotatable bonds is 8. The molecule has 0 saturated heterocycles. The number of amides is 1. The molecule has 0 unspecified atom stereocenters. The van der Waals surface area contributed by atoms with E-state index < -0.39 is 0 Å². The van der Waals surface area contributed by atoms with Crippen molar-refractivity contribution in [3.63, 3.8) is 0 Å². The Hall–Kier alpha value is -1.31. The van der Waals surface area contributed by atoms with Crippen LogP contribution in [0, 0.1) is 5.92 Å². The molecule has 1 N–H and O–H groups in total. The predicted octanol–water partition coefficient (Wildman–Crippen LogP) is 3.62. The van der Waals surface area contributed by atoms with Crippen molar-refractivity contribution >= 4 is 5.91 Å². The summed E-state index contributed by atoms with van der Waals surface area (Å²) in [4.78, 5) is 11.4. The molecule has 17 heavy (non-hydrogen) atoms. The zero-order valence-corrected chi connectivity index (χ0v) is 11.3. The minimum Gasteiger partial charge on any atom is -0.352 e. The second-order valence-electron chi connectivity index (χ2n) is 4.19. The molecule has 0 bridgehead atoms. The molecule has 2 nitrogen and oxygen atoms in total. The van der Waals surface area contributed by atoms with E-state index in [1.807, 2.05) is 31.2 Å². The Balaban J connectivity index is 3.60. The molecule has 2 heteroatoms. The van der Waals surface area contributed by atoms with Crippen molar-refractivity contribution in [3.05, 3.63) is 36.5 Å². The molecule has 0 spiro atoms. The Labute approximate surface area is 105 Å². The highest BCUT2D eigenvalue weighted by Gasteiger charge is 1.99. The maximum absolute atomic E-state index is 11.4. The molecule has 0 aliphatic heterocycles. The standard InChI is InChI=1S/C15H25NO/c1-4-6-7-8-9-10-11-12-15(17)16-13-14(3)5-2/h4,6-8,11-12,14H,5,9-10,13H2,1-3H3,(H,16,17)/t14-/m1/s1. The normalized spacial score (nSPS) is 13.8. The molecule has 0 fully saturated rings. The van der Waals surface area contributed by atoms with Crippen molar-refractivity contribution in [2.75, 3.05) is 6.54 Å². The number of hydrogen-bond acceptors (Lipinski definition) is 1. The van der Waals surface area contributed by atoms with Crippen LogP contribution in [0.15, 0.2) is 36.5 Å². The van der Waals surface area contributed by atoms with E-state index in [4.69, 9.17) is 0 Å². The van der Waals surface area contributed by atoms with Crippen LogP contribution in [-0.2, 0) is 4.79 Å². The fourth-order valence-electron chi connectivity index (χ4n) is 1.15. The van der Waals surface area contributed by atoms with Gasteiger partial charge < -0.3 is 5.32 Å². The molecular formula is C15H25NO. The molecule has 0 aromatic rings. The molecule has 0 aromatic heterocycles. The molecule has 0 aliphatic rings. The Morgan fingerprint density at radius 1 is 1.24 bits per heavy atom. The largest absolute Gasteiger partial charge is 0.352 e. The summed E-state index contributed by atoms with van der Waals surface area (Å²) in [5, 5.41) is 2.89. The Kier molecular flexibility index (Phi) is 10.3. The maximum Gasteiger partial charge on any atom is 0.243 e. The molecule has 0 heterocycles. The Bertz CT molecular complexity index is 277. The summed E-state index contributed by atoms with van der Waals surface area (Å²) in [5.74, 6) is 0.568. The zero-order valence-electron chi connectivity index (χ0n) is 11.3. The first-order chi connectivity index (χ1) is 8.20. The lowest BCUT2D eigenvalue weighted by molar-refractivity contribution is -0.116. The van der Waals surface area contributed by atoms with Crippen LogP contribution >= 0.6 is 0 Å². The van der Waals surface area contributed by atoms with Crippen LogP contribution in [0.5, 0.6) is 0 Å². The average Bonchev–Trinajstić information content (AvgIpc) is 2.34. The monoisotopic (exact) mass is 235 g/mol. The number of nitrogens with one attached hydrogen (secondary N) is 1. The van der Waals surface area contributed by atoms with Gasteiger partial charge in [-0.1, -0.05) is 50.6 Å². The maximum atomic E-state index is 11.4. The minimum atomic E-state index is 0.0164. The van der Waals surface area contributed by atoms with Crippen molar-refractivity contribution in [1.29, 1.82) is 0 Å². The van der Waals surface area contributed by atoms with E-state index in [2.05, 4.69) is 25.2 Å². The highest BCUT2D eigenvalue weighted by Crippen LogP contribution is 1.97. The van der Waals surface area contributed by atoms with Crippen molar-refractivity contribution < 1.29 is 4.79 Å². The van der Waals surface area contributed by atoms with Crippen molar-refractivity contribution in [1.82, 2.24) is 5.32 Å². The topological polar surface area (TPSA) is 29.1 Å². The third-order valence-electron chi connectivity index (χ3n) is 2.53. The van der Waals surface area contributed by atoms with Gasteiger partial charge in [-0.05, 0) is 31.8 Å². The number of carbonyl (C=O) groups is 1. The summed E-state index contributed by atoms with van der Waals surface area (Å²) in [7, 11) is 0. The Morgan fingerprint density at radius 3 is 2.59 bits per heavy atom. The van der Waals surface area contributed by atoms with Gasteiger partial charge in [0, 0.05) is 6.54 Å². The molecule has 1 atom stereocenters. The second-order valence-corrected chi connectivity index (χ2v) is 4.19. The molecule has 0 aromatic carbocycles. The van der Waals surface area contributed by atoms with Gasteiger partial charge in [-0.25, -0.2) is 0 Å². The summed E-state index contributed by atoms with van der Waals surface area (Å²) < 4.78 is 0. The lowest BCUT2D eigenvalue weighted by Gasteiger charge is -2.07. The zero-order chi connectivity index (χ0) is 12.9. The van der Waals surface area contributed by atoms with Gasteiger partial charge in [-0.2, -0.15) is 0 Å². The van der Waals surface area contributed by atoms with Gasteiger partial charge in [0.2, 0.25) is 5.91 Å². The van der Waals surface area contributed by atoms with E-state index in [0.717, 1.165) is 25.8 Å². The van der Waals surface area contributed by atoms with Crippen LogP contribution < -0.4 is 5.32 Å². The van der Waals surface area contributed by atoms with Gasteiger partial charge in [-0.3, -0.25) is 4.79 Å².